The van der Waals surface area contributed by atoms with Crippen LogP contribution in [0.25, 0.3) is 0 Å². The molecule has 0 fully saturated rings. The first-order valence-electron chi connectivity index (χ1n) is 3.71. The molecule has 0 aromatic heterocycles. The predicted molar refractivity (Wildman–Crippen MR) is 43.9 cm³/mol. The van der Waals surface area contributed by atoms with Gasteiger partial charge in [0.25, 0.3) is 0 Å². The van der Waals surface area contributed by atoms with Crippen LogP contribution in [0.5, 0.6) is 0 Å². The first-order valence-corrected chi connectivity index (χ1v) is 3.71. The van der Waals surface area contributed by atoms with Gasteiger partial charge in [-0.2, -0.15) is 5.26 Å². The number of benzene rings is 1. The van der Waals surface area contributed by atoms with Crippen LogP contribution in [0.15, 0.2) is 24.3 Å². The molecule has 0 bridgehead atoms. The second-order valence-corrected chi connectivity index (χ2v) is 2.72. The van der Waals surface area contributed by atoms with Gasteiger partial charge in [-0.25, -0.2) is 0 Å². The summed E-state index contributed by atoms with van der Waals surface area (Å²) in [5.41, 5.74) is 0.574. The quantitative estimate of drug-likeness (QED) is 0.619. The third kappa shape index (κ3) is 5.17. The van der Waals surface area contributed by atoms with E-state index in [0.29, 0.717) is 5.56 Å². The Balaban J connectivity index is 0.00000169. The van der Waals surface area contributed by atoms with Gasteiger partial charge in [-0.15, -0.1) is 0 Å². The number of nitriles is 1. The molecule has 1 aromatic rings. The molecule has 0 radical (unpaired) electrons. The van der Waals surface area contributed by atoms with Crippen molar-refractivity contribution in [2.24, 2.45) is 0 Å². The molecule has 0 saturated carbocycles. The summed E-state index contributed by atoms with van der Waals surface area (Å²) in [4.78, 5) is 0. The molecule has 0 heterocycles. The molecular weight excluding hydrogens is 217 g/mol. The van der Waals surface area contributed by atoms with E-state index in [9.17, 15) is 12.9 Å². The van der Waals surface area contributed by atoms with Crippen LogP contribution in [-0.4, -0.2) is 6.98 Å². The predicted octanol–water partition coefficient (Wildman–Crippen LogP) is -0.509. The Bertz CT molecular complexity index is 328. The average Bonchev–Trinajstić information content (AvgIpc) is 2.03. The summed E-state index contributed by atoms with van der Waals surface area (Å²) in [6.07, 6.45) is -0.883. The van der Waals surface area contributed by atoms with Gasteiger partial charge in [-0.1, -0.05) is 24.0 Å². The van der Waals surface area contributed by atoms with E-state index in [4.69, 9.17) is 5.26 Å². The van der Waals surface area contributed by atoms with Crippen LogP contribution in [0, 0.1) is 11.3 Å². The van der Waals surface area contributed by atoms with E-state index in [-0.39, 0.29) is 56.9 Å². The molecule has 0 aliphatic rings. The van der Waals surface area contributed by atoms with Crippen molar-refractivity contribution < 1.29 is 64.3 Å². The topological polar surface area (TPSA) is 23.8 Å². The first-order chi connectivity index (χ1) is 6.01. The van der Waals surface area contributed by atoms with Crippen LogP contribution >= 0.6 is 0 Å². The zero-order valence-corrected chi connectivity index (χ0v) is 10.8. The summed E-state index contributed by atoms with van der Waals surface area (Å²) in [5.74, 6) is 0. The maximum absolute atomic E-state index is 11.9. The fourth-order valence-electron chi connectivity index (χ4n) is 0.983. The van der Waals surface area contributed by atoms with Gasteiger partial charge >= 0.3 is 58.4 Å². The molecule has 0 amide bonds. The Kier molecular flexibility index (Phi) is 6.02. The van der Waals surface area contributed by atoms with Crippen molar-refractivity contribution in [3.63, 3.8) is 0 Å². The minimum atomic E-state index is -4.78. The molecule has 0 unspecified atom stereocenters. The Labute approximate surface area is 123 Å². The van der Waals surface area contributed by atoms with E-state index >= 15 is 0 Å². The van der Waals surface area contributed by atoms with Gasteiger partial charge in [-0.05, 0) is 12.1 Å². The Morgan fingerprint density at radius 2 is 1.64 bits per heavy atom. The van der Waals surface area contributed by atoms with Gasteiger partial charge in [0.2, 0.25) is 0 Å². The maximum atomic E-state index is 11.9. The number of halogens is 3. The standard InChI is InChI=1S/C8H6BF3N.K/c10-9(11,12)5-7-1-3-8(6-13)4-2-7;/h1-4H,5H2;/q-1;+1. The molecule has 1 aromatic carbocycles. The van der Waals surface area contributed by atoms with Crippen LogP contribution in [0.2, 0.25) is 0 Å². The van der Waals surface area contributed by atoms with Gasteiger partial charge < -0.3 is 12.9 Å². The molecule has 6 heteroatoms. The average molecular weight is 223 g/mol. The number of nitrogens with zero attached hydrogens (tertiary/aromatic N) is 1. The van der Waals surface area contributed by atoms with E-state index in [2.05, 4.69) is 0 Å². The van der Waals surface area contributed by atoms with Crippen molar-refractivity contribution in [1.29, 1.82) is 5.26 Å². The molecule has 0 N–H and O–H groups in total. The van der Waals surface area contributed by atoms with E-state index in [1.54, 1.807) is 0 Å². The van der Waals surface area contributed by atoms with Crippen LogP contribution < -0.4 is 51.4 Å². The molecular formula is C8H6BF3KN. The molecule has 68 valence electrons. The van der Waals surface area contributed by atoms with Crippen molar-refractivity contribution >= 4 is 6.98 Å². The summed E-state index contributed by atoms with van der Waals surface area (Å²) in [6, 6.07) is 7.27. The van der Waals surface area contributed by atoms with E-state index in [1.807, 2.05) is 6.07 Å². The largest absolute Gasteiger partial charge is 1.00 e. The molecule has 1 nitrogen and oxygen atoms in total. The number of hydrogen-bond donors (Lipinski definition) is 0. The molecule has 0 saturated heterocycles. The molecule has 14 heavy (non-hydrogen) atoms. The fraction of sp³-hybridized carbons (Fsp3) is 0.125. The van der Waals surface area contributed by atoms with Crippen molar-refractivity contribution in [3.05, 3.63) is 35.4 Å². The third-order valence-electron chi connectivity index (χ3n) is 1.55. The van der Waals surface area contributed by atoms with E-state index < -0.39 is 13.3 Å². The molecule has 1 rings (SSSR count). The summed E-state index contributed by atoms with van der Waals surface area (Å²) < 4.78 is 35.8. The SMILES string of the molecule is N#Cc1ccc(C[B-](F)(F)F)cc1.[K+]. The summed E-state index contributed by atoms with van der Waals surface area (Å²) >= 11 is 0. The van der Waals surface area contributed by atoms with Crippen molar-refractivity contribution in [3.8, 4) is 6.07 Å². The summed E-state index contributed by atoms with van der Waals surface area (Å²) in [6.45, 7) is -4.78. The maximum Gasteiger partial charge on any atom is 1.00 e. The van der Waals surface area contributed by atoms with E-state index in [1.165, 1.54) is 24.3 Å². The molecule has 0 spiro atoms. The second kappa shape index (κ2) is 5.93. The minimum absolute atomic E-state index is 0. The zero-order valence-electron chi connectivity index (χ0n) is 7.67. The van der Waals surface area contributed by atoms with Crippen molar-refractivity contribution in [1.82, 2.24) is 0 Å². The minimum Gasteiger partial charge on any atom is -0.449 e. The fourth-order valence-corrected chi connectivity index (χ4v) is 0.983. The normalized spacial score (nSPS) is 10.1. The monoisotopic (exact) mass is 223 g/mol. The Hall–Kier alpha value is 0.201. The molecule has 0 aliphatic carbocycles. The first kappa shape index (κ1) is 14.2. The Morgan fingerprint density at radius 3 is 2.00 bits per heavy atom. The number of hydrogen-bond acceptors (Lipinski definition) is 1. The molecule has 0 atom stereocenters. The third-order valence-corrected chi connectivity index (χ3v) is 1.55. The Morgan fingerprint density at radius 1 is 1.14 bits per heavy atom. The van der Waals surface area contributed by atoms with Gasteiger partial charge in [0, 0.05) is 0 Å². The number of rotatable bonds is 2. The summed E-state index contributed by atoms with van der Waals surface area (Å²) in [7, 11) is 0. The van der Waals surface area contributed by atoms with Gasteiger partial charge in [0.15, 0.2) is 0 Å². The smallest absolute Gasteiger partial charge is 0.449 e. The second-order valence-electron chi connectivity index (χ2n) is 2.72. The van der Waals surface area contributed by atoms with Crippen LogP contribution in [-0.2, 0) is 6.32 Å². The van der Waals surface area contributed by atoms with Gasteiger partial charge in [0.05, 0.1) is 11.6 Å². The van der Waals surface area contributed by atoms with Crippen LogP contribution in [0.4, 0.5) is 12.9 Å². The molecule has 0 aliphatic heterocycles. The van der Waals surface area contributed by atoms with Crippen molar-refractivity contribution in [2.45, 2.75) is 6.32 Å². The van der Waals surface area contributed by atoms with Gasteiger partial charge in [-0.3, -0.25) is 0 Å². The van der Waals surface area contributed by atoms with Crippen LogP contribution in [0.3, 0.4) is 0 Å². The van der Waals surface area contributed by atoms with Crippen molar-refractivity contribution in [2.75, 3.05) is 0 Å². The summed E-state index contributed by atoms with van der Waals surface area (Å²) in [5, 5.41) is 8.39. The zero-order chi connectivity index (χ0) is 9.90. The van der Waals surface area contributed by atoms with Gasteiger partial charge in [0.1, 0.15) is 0 Å². The van der Waals surface area contributed by atoms with E-state index in [0.717, 1.165) is 0 Å². The van der Waals surface area contributed by atoms with Crippen LogP contribution in [0.1, 0.15) is 11.1 Å².